The number of sulfonamides is 1. The van der Waals surface area contributed by atoms with Crippen LogP contribution in [0.3, 0.4) is 0 Å². The fraction of sp³-hybridized carbons (Fsp3) is 0.257. The molecule has 9 heteroatoms. The van der Waals surface area contributed by atoms with Crippen LogP contribution >= 0.6 is 11.6 Å². The SMILES string of the molecule is CC[C@@H](C)NC(=O)[C@@H](Cc1ccccc1)N(Cc1ccc(Cl)cc1)C(=O)CN(c1ccccc1C)S(=O)(=O)c1ccccc1. The van der Waals surface area contributed by atoms with Gasteiger partial charge in [-0.05, 0) is 67.3 Å². The summed E-state index contributed by atoms with van der Waals surface area (Å²) in [6, 6.07) is 30.6. The van der Waals surface area contributed by atoms with Gasteiger partial charge in [-0.25, -0.2) is 8.42 Å². The fourth-order valence-electron chi connectivity index (χ4n) is 4.86. The molecule has 0 bridgehead atoms. The summed E-state index contributed by atoms with van der Waals surface area (Å²) in [4.78, 5) is 29.9. The van der Waals surface area contributed by atoms with Crippen molar-refractivity contribution >= 4 is 39.1 Å². The Morgan fingerprint density at radius 2 is 1.41 bits per heavy atom. The molecule has 230 valence electrons. The van der Waals surface area contributed by atoms with Gasteiger partial charge in [0.1, 0.15) is 12.6 Å². The molecule has 0 radical (unpaired) electrons. The van der Waals surface area contributed by atoms with Gasteiger partial charge in [0.15, 0.2) is 0 Å². The molecule has 0 aliphatic heterocycles. The third-order valence-electron chi connectivity index (χ3n) is 7.53. The molecule has 2 atom stereocenters. The van der Waals surface area contributed by atoms with Crippen molar-refractivity contribution < 1.29 is 18.0 Å². The molecule has 0 heterocycles. The van der Waals surface area contributed by atoms with Crippen LogP contribution in [-0.2, 0) is 32.6 Å². The standard InChI is InChI=1S/C35H38ClN3O4S/c1-4-27(3)37-35(41)33(23-28-14-7-5-8-15-28)38(24-29-19-21-30(36)22-20-29)34(40)25-39(32-18-12-11-13-26(32)2)44(42,43)31-16-9-6-10-17-31/h5-22,27,33H,4,23-25H2,1-3H3,(H,37,41)/t27-,33-/m1/s1. The summed E-state index contributed by atoms with van der Waals surface area (Å²) in [5.41, 5.74) is 2.71. The van der Waals surface area contributed by atoms with E-state index < -0.39 is 28.5 Å². The van der Waals surface area contributed by atoms with Crippen molar-refractivity contribution in [3.63, 3.8) is 0 Å². The number of halogens is 1. The second-order valence-corrected chi connectivity index (χ2v) is 13.1. The predicted octanol–water partition coefficient (Wildman–Crippen LogP) is 6.40. The van der Waals surface area contributed by atoms with Crippen molar-refractivity contribution in [3.8, 4) is 0 Å². The normalized spacial score (nSPS) is 12.6. The fourth-order valence-corrected chi connectivity index (χ4v) is 6.48. The maximum atomic E-state index is 14.5. The Hall–Kier alpha value is -4.14. The van der Waals surface area contributed by atoms with Crippen LogP contribution in [0.4, 0.5) is 5.69 Å². The second kappa shape index (κ2) is 15.0. The van der Waals surface area contributed by atoms with Gasteiger partial charge < -0.3 is 10.2 Å². The van der Waals surface area contributed by atoms with E-state index in [0.717, 1.165) is 15.4 Å². The van der Waals surface area contributed by atoms with Crippen LogP contribution in [0.2, 0.25) is 5.02 Å². The van der Waals surface area contributed by atoms with Gasteiger partial charge in [0, 0.05) is 24.0 Å². The Bertz CT molecular complexity index is 1650. The molecule has 1 N–H and O–H groups in total. The van der Waals surface area contributed by atoms with Gasteiger partial charge in [-0.2, -0.15) is 0 Å². The number of benzene rings is 4. The van der Waals surface area contributed by atoms with Crippen LogP contribution in [0.5, 0.6) is 0 Å². The third-order valence-corrected chi connectivity index (χ3v) is 9.56. The first kappa shape index (κ1) is 32.8. The smallest absolute Gasteiger partial charge is 0.264 e. The lowest BCUT2D eigenvalue weighted by molar-refractivity contribution is -0.140. The van der Waals surface area contributed by atoms with E-state index in [1.807, 2.05) is 50.2 Å². The largest absolute Gasteiger partial charge is 0.352 e. The van der Waals surface area contributed by atoms with Gasteiger partial charge in [0.25, 0.3) is 10.0 Å². The lowest BCUT2D eigenvalue weighted by Crippen LogP contribution is -2.54. The van der Waals surface area contributed by atoms with Crippen molar-refractivity contribution in [1.82, 2.24) is 10.2 Å². The number of rotatable bonds is 13. The van der Waals surface area contributed by atoms with Crippen LogP contribution in [-0.4, -0.2) is 43.8 Å². The zero-order valence-corrected chi connectivity index (χ0v) is 26.8. The Kier molecular flexibility index (Phi) is 11.2. The van der Waals surface area contributed by atoms with Gasteiger partial charge in [0.2, 0.25) is 11.8 Å². The molecule has 0 saturated carbocycles. The average Bonchev–Trinajstić information content (AvgIpc) is 3.03. The second-order valence-electron chi connectivity index (χ2n) is 10.8. The van der Waals surface area contributed by atoms with E-state index in [1.54, 1.807) is 67.6 Å². The summed E-state index contributed by atoms with van der Waals surface area (Å²) in [6.45, 7) is 5.26. The highest BCUT2D eigenvalue weighted by Crippen LogP contribution is 2.27. The van der Waals surface area contributed by atoms with Crippen molar-refractivity contribution in [1.29, 1.82) is 0 Å². The number of hydrogen-bond donors (Lipinski definition) is 1. The summed E-state index contributed by atoms with van der Waals surface area (Å²) in [5, 5.41) is 3.59. The van der Waals surface area contributed by atoms with E-state index in [0.29, 0.717) is 22.7 Å². The van der Waals surface area contributed by atoms with E-state index in [2.05, 4.69) is 5.32 Å². The highest BCUT2D eigenvalue weighted by atomic mass is 35.5. The van der Waals surface area contributed by atoms with E-state index in [1.165, 1.54) is 17.0 Å². The minimum absolute atomic E-state index is 0.0654. The van der Waals surface area contributed by atoms with Crippen LogP contribution in [0.15, 0.2) is 114 Å². The molecule has 44 heavy (non-hydrogen) atoms. The number of carbonyl (C=O) groups is 2. The summed E-state index contributed by atoms with van der Waals surface area (Å²) < 4.78 is 29.3. The number of aryl methyl sites for hydroxylation is 1. The summed E-state index contributed by atoms with van der Waals surface area (Å²) in [5.74, 6) is -0.818. The monoisotopic (exact) mass is 631 g/mol. The molecule has 4 aromatic rings. The number of anilines is 1. The highest BCUT2D eigenvalue weighted by molar-refractivity contribution is 7.92. The summed E-state index contributed by atoms with van der Waals surface area (Å²) in [7, 11) is -4.14. The topological polar surface area (TPSA) is 86.8 Å². The molecule has 0 aliphatic rings. The molecule has 0 saturated heterocycles. The summed E-state index contributed by atoms with van der Waals surface area (Å²) in [6.07, 6.45) is 0.962. The quantitative estimate of drug-likeness (QED) is 0.185. The Labute approximate surface area is 265 Å². The molecule has 0 fully saturated rings. The molecular weight excluding hydrogens is 594 g/mol. The third kappa shape index (κ3) is 8.27. The van der Waals surface area contributed by atoms with Crippen LogP contribution in [0.1, 0.15) is 37.0 Å². The van der Waals surface area contributed by atoms with E-state index in [-0.39, 0.29) is 29.8 Å². The number of hydrogen-bond acceptors (Lipinski definition) is 4. The Balaban J connectivity index is 1.81. The predicted molar refractivity (Wildman–Crippen MR) is 176 cm³/mol. The zero-order valence-electron chi connectivity index (χ0n) is 25.2. The maximum absolute atomic E-state index is 14.5. The molecular formula is C35H38ClN3O4S. The lowest BCUT2D eigenvalue weighted by atomic mass is 10.0. The molecule has 0 aromatic heterocycles. The van der Waals surface area contributed by atoms with Gasteiger partial charge in [-0.15, -0.1) is 0 Å². The van der Waals surface area contributed by atoms with Gasteiger partial charge in [0.05, 0.1) is 10.6 Å². The van der Waals surface area contributed by atoms with E-state index in [9.17, 15) is 18.0 Å². The van der Waals surface area contributed by atoms with Gasteiger partial charge >= 0.3 is 0 Å². The number of nitrogens with one attached hydrogen (secondary N) is 1. The van der Waals surface area contributed by atoms with Crippen LogP contribution in [0.25, 0.3) is 0 Å². The number of carbonyl (C=O) groups excluding carboxylic acids is 2. The lowest BCUT2D eigenvalue weighted by Gasteiger charge is -2.34. The molecule has 7 nitrogen and oxygen atoms in total. The minimum atomic E-state index is -4.14. The Morgan fingerprint density at radius 3 is 2.02 bits per heavy atom. The minimum Gasteiger partial charge on any atom is -0.352 e. The number of amides is 2. The molecule has 0 aliphatic carbocycles. The molecule has 0 unspecified atom stereocenters. The first-order valence-corrected chi connectivity index (χ1v) is 16.4. The van der Waals surface area contributed by atoms with E-state index >= 15 is 0 Å². The number of nitrogens with zero attached hydrogens (tertiary/aromatic N) is 2. The van der Waals surface area contributed by atoms with Crippen molar-refractivity contribution in [3.05, 3.63) is 131 Å². The summed E-state index contributed by atoms with van der Waals surface area (Å²) >= 11 is 6.15. The van der Waals surface area contributed by atoms with Gasteiger partial charge in [-0.1, -0.05) is 97.4 Å². The van der Waals surface area contributed by atoms with Crippen molar-refractivity contribution in [2.24, 2.45) is 0 Å². The first-order chi connectivity index (χ1) is 21.1. The maximum Gasteiger partial charge on any atom is 0.264 e. The van der Waals surface area contributed by atoms with Gasteiger partial charge in [-0.3, -0.25) is 13.9 Å². The Morgan fingerprint density at radius 1 is 0.818 bits per heavy atom. The average molecular weight is 632 g/mol. The highest BCUT2D eigenvalue weighted by Gasteiger charge is 2.35. The molecule has 0 spiro atoms. The molecule has 4 rings (SSSR count). The first-order valence-electron chi connectivity index (χ1n) is 14.6. The zero-order chi connectivity index (χ0) is 31.7. The number of para-hydroxylation sites is 1. The molecule has 4 aromatic carbocycles. The van der Waals surface area contributed by atoms with Crippen LogP contribution < -0.4 is 9.62 Å². The molecule has 2 amide bonds. The van der Waals surface area contributed by atoms with Crippen LogP contribution in [0, 0.1) is 6.92 Å². The van der Waals surface area contributed by atoms with Crippen molar-refractivity contribution in [2.45, 2.75) is 57.1 Å². The van der Waals surface area contributed by atoms with Crippen molar-refractivity contribution in [2.75, 3.05) is 10.8 Å². The van der Waals surface area contributed by atoms with E-state index in [4.69, 9.17) is 11.6 Å².